The minimum Gasteiger partial charge on any atom is -0.344 e. The summed E-state index contributed by atoms with van der Waals surface area (Å²) in [6.45, 7) is 2.95. The average Bonchev–Trinajstić information content (AvgIpc) is 2.81. The Morgan fingerprint density at radius 2 is 2.21 bits per heavy atom. The standard InChI is InChI=1S/C14H14BrIN2O/c1-2-7-18-8-3-4-13(18)14(19)17-12-6-5-10(16)9-11(12)15/h3-6,8-9H,2,7H2,1H3,(H,17,19). The molecule has 19 heavy (non-hydrogen) atoms. The van der Waals surface area contributed by atoms with Gasteiger partial charge in [0.15, 0.2) is 0 Å². The van der Waals surface area contributed by atoms with Crippen molar-refractivity contribution in [3.8, 4) is 0 Å². The summed E-state index contributed by atoms with van der Waals surface area (Å²) in [5, 5.41) is 2.93. The molecule has 1 heterocycles. The van der Waals surface area contributed by atoms with Gasteiger partial charge in [-0.15, -0.1) is 0 Å². The van der Waals surface area contributed by atoms with Crippen molar-refractivity contribution in [3.63, 3.8) is 0 Å². The van der Waals surface area contributed by atoms with E-state index in [1.807, 2.05) is 41.1 Å². The Morgan fingerprint density at radius 1 is 1.42 bits per heavy atom. The second-order valence-electron chi connectivity index (χ2n) is 4.17. The smallest absolute Gasteiger partial charge is 0.272 e. The van der Waals surface area contributed by atoms with Gasteiger partial charge in [0.25, 0.3) is 5.91 Å². The van der Waals surface area contributed by atoms with Crippen LogP contribution < -0.4 is 5.32 Å². The van der Waals surface area contributed by atoms with E-state index in [1.165, 1.54) is 0 Å². The highest BCUT2D eigenvalue weighted by molar-refractivity contribution is 14.1. The molecule has 0 spiro atoms. The maximum Gasteiger partial charge on any atom is 0.272 e. The fourth-order valence-corrected chi connectivity index (χ4v) is 3.23. The number of halogens is 2. The highest BCUT2D eigenvalue weighted by atomic mass is 127. The molecule has 1 aromatic heterocycles. The quantitative estimate of drug-likeness (QED) is 0.708. The van der Waals surface area contributed by atoms with E-state index in [0.29, 0.717) is 5.69 Å². The number of aromatic nitrogens is 1. The summed E-state index contributed by atoms with van der Waals surface area (Å²) in [6.07, 6.45) is 2.93. The predicted molar refractivity (Wildman–Crippen MR) is 89.5 cm³/mol. The number of rotatable bonds is 4. The number of anilines is 1. The normalized spacial score (nSPS) is 10.5. The van der Waals surface area contributed by atoms with Crippen LogP contribution in [0.2, 0.25) is 0 Å². The van der Waals surface area contributed by atoms with Gasteiger partial charge in [0, 0.05) is 20.8 Å². The van der Waals surface area contributed by atoms with Crippen molar-refractivity contribution in [1.29, 1.82) is 0 Å². The third-order valence-corrected chi connectivity index (χ3v) is 4.03. The number of carbonyl (C=O) groups is 1. The van der Waals surface area contributed by atoms with Gasteiger partial charge in [-0.25, -0.2) is 0 Å². The van der Waals surface area contributed by atoms with Gasteiger partial charge < -0.3 is 9.88 Å². The molecule has 0 radical (unpaired) electrons. The zero-order chi connectivity index (χ0) is 13.8. The van der Waals surface area contributed by atoms with Crippen LogP contribution in [0.4, 0.5) is 5.69 Å². The third-order valence-electron chi connectivity index (χ3n) is 2.71. The predicted octanol–water partition coefficient (Wildman–Crippen LogP) is 4.52. The Labute approximate surface area is 134 Å². The van der Waals surface area contributed by atoms with Crippen LogP contribution in [0.3, 0.4) is 0 Å². The van der Waals surface area contributed by atoms with Crippen molar-refractivity contribution in [2.45, 2.75) is 19.9 Å². The molecular formula is C14H14BrIN2O. The van der Waals surface area contributed by atoms with Crippen molar-refractivity contribution in [2.24, 2.45) is 0 Å². The van der Waals surface area contributed by atoms with Crippen LogP contribution >= 0.6 is 38.5 Å². The Kier molecular flexibility index (Phi) is 5.04. The van der Waals surface area contributed by atoms with E-state index in [-0.39, 0.29) is 5.91 Å². The molecule has 0 fully saturated rings. The Morgan fingerprint density at radius 3 is 2.89 bits per heavy atom. The first-order chi connectivity index (χ1) is 9.11. The highest BCUT2D eigenvalue weighted by Gasteiger charge is 2.12. The van der Waals surface area contributed by atoms with E-state index in [9.17, 15) is 4.79 Å². The summed E-state index contributed by atoms with van der Waals surface area (Å²) in [6, 6.07) is 9.57. The van der Waals surface area contributed by atoms with Gasteiger partial charge in [0.1, 0.15) is 5.69 Å². The van der Waals surface area contributed by atoms with E-state index < -0.39 is 0 Å². The summed E-state index contributed by atoms with van der Waals surface area (Å²) >= 11 is 5.70. The second kappa shape index (κ2) is 6.56. The molecule has 1 amide bonds. The zero-order valence-corrected chi connectivity index (χ0v) is 14.2. The maximum absolute atomic E-state index is 12.3. The molecule has 100 valence electrons. The van der Waals surface area contributed by atoms with Gasteiger partial charge in [0.05, 0.1) is 5.69 Å². The van der Waals surface area contributed by atoms with Crippen molar-refractivity contribution in [1.82, 2.24) is 4.57 Å². The third kappa shape index (κ3) is 3.60. The minimum absolute atomic E-state index is 0.0830. The van der Waals surface area contributed by atoms with E-state index in [0.717, 1.165) is 26.7 Å². The average molecular weight is 433 g/mol. The molecule has 0 saturated heterocycles. The SMILES string of the molecule is CCCn1cccc1C(=O)Nc1ccc(I)cc1Br. The first-order valence-corrected chi connectivity index (χ1v) is 7.90. The Bertz CT molecular complexity index is 595. The molecule has 2 rings (SSSR count). The molecule has 0 unspecified atom stereocenters. The monoisotopic (exact) mass is 432 g/mol. The van der Waals surface area contributed by atoms with Crippen molar-refractivity contribution < 1.29 is 4.79 Å². The fraction of sp³-hybridized carbons (Fsp3) is 0.214. The van der Waals surface area contributed by atoms with Crippen molar-refractivity contribution in [3.05, 3.63) is 50.3 Å². The molecule has 1 aromatic carbocycles. The van der Waals surface area contributed by atoms with E-state index in [4.69, 9.17) is 0 Å². The minimum atomic E-state index is -0.0830. The van der Waals surface area contributed by atoms with Crippen LogP contribution in [0.1, 0.15) is 23.8 Å². The Balaban J connectivity index is 2.18. The molecule has 0 aliphatic carbocycles. The van der Waals surface area contributed by atoms with Crippen molar-refractivity contribution >= 4 is 50.1 Å². The largest absolute Gasteiger partial charge is 0.344 e. The molecule has 2 aromatic rings. The lowest BCUT2D eigenvalue weighted by Gasteiger charge is -2.10. The lowest BCUT2D eigenvalue weighted by Crippen LogP contribution is -2.17. The summed E-state index contributed by atoms with van der Waals surface area (Å²) in [5.74, 6) is -0.0830. The number of nitrogens with one attached hydrogen (secondary N) is 1. The lowest BCUT2D eigenvalue weighted by molar-refractivity contribution is 0.101. The number of benzene rings is 1. The molecule has 0 aliphatic heterocycles. The summed E-state index contributed by atoms with van der Waals surface area (Å²) in [7, 11) is 0. The maximum atomic E-state index is 12.3. The molecule has 0 atom stereocenters. The van der Waals surface area contributed by atoms with Crippen LogP contribution in [-0.2, 0) is 6.54 Å². The van der Waals surface area contributed by atoms with Crippen LogP contribution in [0.25, 0.3) is 0 Å². The molecule has 1 N–H and O–H groups in total. The van der Waals surface area contributed by atoms with Gasteiger partial charge in [-0.2, -0.15) is 0 Å². The van der Waals surface area contributed by atoms with E-state index in [2.05, 4.69) is 50.8 Å². The van der Waals surface area contributed by atoms with Crippen LogP contribution in [0, 0.1) is 3.57 Å². The molecule has 0 aliphatic rings. The van der Waals surface area contributed by atoms with Gasteiger partial charge in [0.2, 0.25) is 0 Å². The van der Waals surface area contributed by atoms with Gasteiger partial charge in [-0.3, -0.25) is 4.79 Å². The molecule has 5 heteroatoms. The number of hydrogen-bond donors (Lipinski definition) is 1. The summed E-state index contributed by atoms with van der Waals surface area (Å²) < 4.78 is 3.98. The number of nitrogens with zero attached hydrogens (tertiary/aromatic N) is 1. The molecule has 3 nitrogen and oxygen atoms in total. The summed E-state index contributed by atoms with van der Waals surface area (Å²) in [5.41, 5.74) is 1.47. The topological polar surface area (TPSA) is 34.0 Å². The van der Waals surface area contributed by atoms with Crippen molar-refractivity contribution in [2.75, 3.05) is 5.32 Å². The zero-order valence-electron chi connectivity index (χ0n) is 10.5. The fourth-order valence-electron chi connectivity index (χ4n) is 1.83. The van der Waals surface area contributed by atoms with Gasteiger partial charge in [-0.05, 0) is 75.3 Å². The van der Waals surface area contributed by atoms with Crippen LogP contribution in [0.15, 0.2) is 41.0 Å². The second-order valence-corrected chi connectivity index (χ2v) is 6.27. The van der Waals surface area contributed by atoms with Gasteiger partial charge >= 0.3 is 0 Å². The molecule has 0 saturated carbocycles. The first-order valence-electron chi connectivity index (χ1n) is 6.03. The van der Waals surface area contributed by atoms with E-state index >= 15 is 0 Å². The molecule has 0 bridgehead atoms. The lowest BCUT2D eigenvalue weighted by atomic mass is 10.3. The number of hydrogen-bond acceptors (Lipinski definition) is 1. The number of aryl methyl sites for hydroxylation is 1. The Hall–Kier alpha value is -0.820. The van der Waals surface area contributed by atoms with Crippen LogP contribution in [-0.4, -0.2) is 10.5 Å². The first kappa shape index (κ1) is 14.6. The van der Waals surface area contributed by atoms with Crippen LogP contribution in [0.5, 0.6) is 0 Å². The summed E-state index contributed by atoms with van der Waals surface area (Å²) in [4.78, 5) is 12.3. The highest BCUT2D eigenvalue weighted by Crippen LogP contribution is 2.25. The number of amides is 1. The van der Waals surface area contributed by atoms with Gasteiger partial charge in [-0.1, -0.05) is 6.92 Å². The van der Waals surface area contributed by atoms with E-state index in [1.54, 1.807) is 0 Å². The molecular weight excluding hydrogens is 419 g/mol. The number of carbonyl (C=O) groups excluding carboxylic acids is 1.